The van der Waals surface area contributed by atoms with E-state index in [1.165, 1.54) is 11.3 Å². The Hall–Kier alpha value is -0.710. The summed E-state index contributed by atoms with van der Waals surface area (Å²) >= 11 is 1.83. The molecule has 0 bridgehead atoms. The van der Waals surface area contributed by atoms with Crippen LogP contribution < -0.4 is 4.74 Å². The van der Waals surface area contributed by atoms with Gasteiger partial charge in [0.2, 0.25) is 0 Å². The van der Waals surface area contributed by atoms with Gasteiger partial charge in [-0.25, -0.2) is 4.31 Å². The van der Waals surface area contributed by atoms with Crippen LogP contribution in [0.1, 0.15) is 27.2 Å². The first kappa shape index (κ1) is 18.3. The smallest absolute Gasteiger partial charge is 0.118 e. The van der Waals surface area contributed by atoms with Gasteiger partial charge in [-0.2, -0.15) is 0 Å². The van der Waals surface area contributed by atoms with Crippen LogP contribution in [0.4, 0.5) is 0 Å². The fourth-order valence-electron chi connectivity index (χ4n) is 2.08. The maximum absolute atomic E-state index is 5.21. The minimum Gasteiger partial charge on any atom is -0.497 e. The Bertz CT molecular complexity index is 404. The summed E-state index contributed by atoms with van der Waals surface area (Å²) in [6, 6.07) is 8.29. The van der Waals surface area contributed by atoms with E-state index in [1.807, 2.05) is 24.1 Å². The van der Waals surface area contributed by atoms with Crippen LogP contribution in [0.5, 0.6) is 5.75 Å². The zero-order chi connectivity index (χ0) is 15.9. The minimum absolute atomic E-state index is 0.319. The van der Waals surface area contributed by atoms with Crippen molar-refractivity contribution in [1.82, 2.24) is 9.21 Å². The highest BCUT2D eigenvalue weighted by molar-refractivity contribution is 7.97. The first-order valence-electron chi connectivity index (χ1n) is 7.58. The number of rotatable bonds is 9. The van der Waals surface area contributed by atoms with Crippen LogP contribution >= 0.6 is 11.9 Å². The van der Waals surface area contributed by atoms with Gasteiger partial charge in [-0.15, -0.1) is 0 Å². The molecule has 0 saturated carbocycles. The number of ether oxygens (including phenoxy) is 1. The third-order valence-corrected chi connectivity index (χ3v) is 4.62. The van der Waals surface area contributed by atoms with E-state index in [1.54, 1.807) is 7.11 Å². The highest BCUT2D eigenvalue weighted by Crippen LogP contribution is 2.30. The van der Waals surface area contributed by atoms with E-state index in [2.05, 4.69) is 56.2 Å². The van der Waals surface area contributed by atoms with E-state index in [9.17, 15) is 0 Å². The Labute approximate surface area is 134 Å². The number of hydrogen-bond acceptors (Lipinski definition) is 4. The van der Waals surface area contributed by atoms with Crippen LogP contribution in [-0.4, -0.2) is 50.0 Å². The molecule has 0 fully saturated rings. The van der Waals surface area contributed by atoms with Crippen molar-refractivity contribution in [3.63, 3.8) is 0 Å². The van der Waals surface area contributed by atoms with Crippen molar-refractivity contribution in [1.29, 1.82) is 0 Å². The Balaban J connectivity index is 2.57. The predicted molar refractivity (Wildman–Crippen MR) is 93.1 cm³/mol. The first-order valence-corrected chi connectivity index (χ1v) is 8.35. The number of nitrogens with zero attached hydrogens (tertiary/aromatic N) is 2. The van der Waals surface area contributed by atoms with E-state index in [0.717, 1.165) is 25.4 Å². The summed E-state index contributed by atoms with van der Waals surface area (Å²) in [5.41, 5.74) is 0.319. The third-order valence-electron chi connectivity index (χ3n) is 3.49. The lowest BCUT2D eigenvalue weighted by Gasteiger charge is -2.32. The normalized spacial score (nSPS) is 12.2. The lowest BCUT2D eigenvalue weighted by Crippen LogP contribution is -2.32. The van der Waals surface area contributed by atoms with Crippen LogP contribution in [0.25, 0.3) is 0 Å². The van der Waals surface area contributed by atoms with E-state index >= 15 is 0 Å². The summed E-state index contributed by atoms with van der Waals surface area (Å²) in [5.74, 6) is 0.911. The van der Waals surface area contributed by atoms with Crippen LogP contribution in [0.2, 0.25) is 0 Å². The molecule has 1 aromatic rings. The first-order chi connectivity index (χ1) is 9.86. The molecule has 120 valence electrons. The van der Waals surface area contributed by atoms with Gasteiger partial charge in [0.05, 0.1) is 7.11 Å². The second-order valence-electron chi connectivity index (χ2n) is 6.44. The van der Waals surface area contributed by atoms with Crippen LogP contribution in [-0.2, 0) is 0 Å². The monoisotopic (exact) mass is 310 g/mol. The summed E-state index contributed by atoms with van der Waals surface area (Å²) < 4.78 is 7.65. The Kier molecular flexibility index (Phi) is 7.57. The number of hydrogen-bond donors (Lipinski definition) is 0. The molecule has 21 heavy (non-hydrogen) atoms. The van der Waals surface area contributed by atoms with E-state index < -0.39 is 0 Å². The molecular weight excluding hydrogens is 280 g/mol. The van der Waals surface area contributed by atoms with Crippen LogP contribution in [0.15, 0.2) is 29.2 Å². The molecule has 0 radical (unpaired) electrons. The van der Waals surface area contributed by atoms with E-state index in [4.69, 9.17) is 4.74 Å². The Morgan fingerprint density at radius 3 is 2.24 bits per heavy atom. The van der Waals surface area contributed by atoms with Crippen molar-refractivity contribution >= 4 is 11.9 Å². The molecule has 0 saturated heterocycles. The maximum Gasteiger partial charge on any atom is 0.118 e. The molecule has 1 aromatic carbocycles. The van der Waals surface area contributed by atoms with Crippen molar-refractivity contribution in [2.75, 3.05) is 40.8 Å². The van der Waals surface area contributed by atoms with Crippen molar-refractivity contribution in [3.05, 3.63) is 24.3 Å². The van der Waals surface area contributed by atoms with Crippen molar-refractivity contribution in [2.45, 2.75) is 32.1 Å². The van der Waals surface area contributed by atoms with Gasteiger partial charge in [-0.3, -0.25) is 0 Å². The lowest BCUT2D eigenvalue weighted by atomic mass is 9.89. The van der Waals surface area contributed by atoms with Gasteiger partial charge in [0.1, 0.15) is 5.75 Å². The molecule has 0 unspecified atom stereocenters. The molecule has 0 aliphatic carbocycles. The standard InChI is InChI=1S/C17H30N2OS/c1-7-19(14-17(2,3)12-13-18(4)5)21-16-10-8-15(20-6)9-11-16/h8-11H,7,12-14H2,1-6H3. The molecule has 0 aromatic heterocycles. The average Bonchev–Trinajstić information content (AvgIpc) is 2.45. The number of methoxy groups -OCH3 is 1. The Morgan fingerprint density at radius 2 is 1.76 bits per heavy atom. The fraction of sp³-hybridized carbons (Fsp3) is 0.647. The second-order valence-corrected chi connectivity index (χ2v) is 7.61. The molecule has 0 amide bonds. The molecule has 1 rings (SSSR count). The molecule has 0 heterocycles. The van der Waals surface area contributed by atoms with Gasteiger partial charge in [0.25, 0.3) is 0 Å². The highest BCUT2D eigenvalue weighted by Gasteiger charge is 2.22. The van der Waals surface area contributed by atoms with Gasteiger partial charge in [0.15, 0.2) is 0 Å². The van der Waals surface area contributed by atoms with Crippen molar-refractivity contribution < 1.29 is 4.74 Å². The third kappa shape index (κ3) is 7.21. The van der Waals surface area contributed by atoms with Crippen molar-refractivity contribution in [3.8, 4) is 5.75 Å². The summed E-state index contributed by atoms with van der Waals surface area (Å²) in [5, 5.41) is 0. The molecule has 3 nitrogen and oxygen atoms in total. The van der Waals surface area contributed by atoms with Crippen LogP contribution in [0.3, 0.4) is 0 Å². The average molecular weight is 311 g/mol. The van der Waals surface area contributed by atoms with Gasteiger partial charge >= 0.3 is 0 Å². The summed E-state index contributed by atoms with van der Waals surface area (Å²) in [7, 11) is 5.98. The molecule has 4 heteroatoms. The summed E-state index contributed by atoms with van der Waals surface area (Å²) in [6.45, 7) is 10.2. The zero-order valence-corrected chi connectivity index (χ0v) is 15.2. The maximum atomic E-state index is 5.21. The summed E-state index contributed by atoms with van der Waals surface area (Å²) in [4.78, 5) is 3.52. The van der Waals surface area contributed by atoms with Crippen molar-refractivity contribution in [2.24, 2.45) is 5.41 Å². The minimum atomic E-state index is 0.319. The molecule has 0 spiro atoms. The zero-order valence-electron chi connectivity index (χ0n) is 14.3. The SMILES string of the molecule is CCN(CC(C)(C)CCN(C)C)Sc1ccc(OC)cc1. The molecule has 0 aliphatic rings. The highest BCUT2D eigenvalue weighted by atomic mass is 32.2. The predicted octanol–water partition coefficient (Wildman–Crippen LogP) is 4.00. The van der Waals surface area contributed by atoms with Crippen LogP contribution in [0, 0.1) is 5.41 Å². The quantitative estimate of drug-likeness (QED) is 0.640. The largest absolute Gasteiger partial charge is 0.497 e. The van der Waals surface area contributed by atoms with Gasteiger partial charge < -0.3 is 9.64 Å². The topological polar surface area (TPSA) is 15.7 Å². The van der Waals surface area contributed by atoms with Gasteiger partial charge in [0, 0.05) is 18.0 Å². The summed E-state index contributed by atoms with van der Waals surface area (Å²) in [6.07, 6.45) is 1.21. The lowest BCUT2D eigenvalue weighted by molar-refractivity contribution is 0.229. The fourth-order valence-corrected chi connectivity index (χ4v) is 3.18. The number of benzene rings is 1. The molecule has 0 atom stereocenters. The van der Waals surface area contributed by atoms with E-state index in [-0.39, 0.29) is 0 Å². The van der Waals surface area contributed by atoms with Gasteiger partial charge in [-0.05, 0) is 68.7 Å². The Morgan fingerprint density at radius 1 is 1.14 bits per heavy atom. The van der Waals surface area contributed by atoms with Gasteiger partial charge in [-0.1, -0.05) is 20.8 Å². The molecular formula is C17H30N2OS. The van der Waals surface area contributed by atoms with E-state index in [0.29, 0.717) is 5.41 Å². The second kappa shape index (κ2) is 8.66. The molecule has 0 N–H and O–H groups in total. The molecule has 0 aliphatic heterocycles.